The number of rotatable bonds is 4. The molecular weight excluding hydrogens is 378 g/mol. The fourth-order valence-corrected chi connectivity index (χ4v) is 3.97. The van der Waals surface area contributed by atoms with E-state index in [0.717, 1.165) is 11.0 Å². The average Bonchev–Trinajstić information content (AvgIpc) is 3.27. The van der Waals surface area contributed by atoms with Gasteiger partial charge in [0.05, 0.1) is 16.3 Å². The van der Waals surface area contributed by atoms with Gasteiger partial charge in [-0.3, -0.25) is 9.20 Å². The summed E-state index contributed by atoms with van der Waals surface area (Å²) < 4.78 is 13.0. The molecular formula is C19H17N5O3S. The molecule has 1 unspecified atom stereocenters. The Balaban J connectivity index is 1.35. The van der Waals surface area contributed by atoms with E-state index in [2.05, 4.69) is 20.5 Å². The van der Waals surface area contributed by atoms with Crippen molar-refractivity contribution in [3.63, 3.8) is 0 Å². The van der Waals surface area contributed by atoms with Crippen molar-refractivity contribution in [3.8, 4) is 11.5 Å². The van der Waals surface area contributed by atoms with Crippen LogP contribution in [0.3, 0.4) is 0 Å². The summed E-state index contributed by atoms with van der Waals surface area (Å²) in [6, 6.07) is 13.2. The number of imidazole rings is 1. The predicted molar refractivity (Wildman–Crippen MR) is 106 cm³/mol. The fourth-order valence-electron chi connectivity index (χ4n) is 3.10. The molecule has 0 aliphatic carbocycles. The van der Waals surface area contributed by atoms with Gasteiger partial charge in [-0.05, 0) is 31.2 Å². The minimum atomic E-state index is -0.360. The van der Waals surface area contributed by atoms with Crippen LogP contribution in [0.4, 0.5) is 5.69 Å². The molecule has 1 aliphatic heterocycles. The van der Waals surface area contributed by atoms with E-state index in [1.807, 2.05) is 35.6 Å². The van der Waals surface area contributed by atoms with E-state index in [1.54, 1.807) is 18.2 Å². The predicted octanol–water partition coefficient (Wildman–Crippen LogP) is 3.10. The standard InChI is InChI=1S/C19H17N5O3S/c1-11(17(25)20-12-6-7-15-16(10-12)27-9-8-26-15)28-19-23-22-18-21-13-4-2-3-5-14(13)24(18)19/h2-7,10-11H,8-9H2,1H3,(H,20,25)(H,21,22). The van der Waals surface area contributed by atoms with Crippen LogP contribution in [0.15, 0.2) is 47.6 Å². The summed E-state index contributed by atoms with van der Waals surface area (Å²) >= 11 is 1.37. The first-order chi connectivity index (χ1) is 13.7. The largest absolute Gasteiger partial charge is 0.486 e. The zero-order chi connectivity index (χ0) is 19.1. The van der Waals surface area contributed by atoms with Crippen LogP contribution in [0.2, 0.25) is 0 Å². The molecule has 0 radical (unpaired) electrons. The number of benzene rings is 2. The topological polar surface area (TPSA) is 93.5 Å². The molecule has 4 aromatic rings. The van der Waals surface area contributed by atoms with Crippen LogP contribution in [-0.2, 0) is 4.79 Å². The summed E-state index contributed by atoms with van der Waals surface area (Å²) in [6.07, 6.45) is 0. The van der Waals surface area contributed by atoms with Crippen LogP contribution >= 0.6 is 11.8 Å². The molecule has 1 amide bonds. The lowest BCUT2D eigenvalue weighted by molar-refractivity contribution is -0.115. The van der Waals surface area contributed by atoms with E-state index in [0.29, 0.717) is 41.3 Å². The Hall–Kier alpha value is -3.20. The Morgan fingerprint density at radius 1 is 1.21 bits per heavy atom. The van der Waals surface area contributed by atoms with Crippen LogP contribution in [-0.4, -0.2) is 44.0 Å². The van der Waals surface area contributed by atoms with Crippen molar-refractivity contribution in [2.75, 3.05) is 18.5 Å². The van der Waals surface area contributed by atoms with Crippen LogP contribution in [0.5, 0.6) is 11.5 Å². The normalized spacial score (nSPS) is 14.3. The number of aromatic amines is 1. The lowest BCUT2D eigenvalue weighted by Gasteiger charge is -2.19. The van der Waals surface area contributed by atoms with Gasteiger partial charge in [0, 0.05) is 11.8 Å². The monoisotopic (exact) mass is 395 g/mol. The summed E-state index contributed by atoms with van der Waals surface area (Å²) in [4.78, 5) is 17.2. The molecule has 0 spiro atoms. The highest BCUT2D eigenvalue weighted by atomic mass is 32.2. The van der Waals surface area contributed by atoms with Gasteiger partial charge in [0.15, 0.2) is 16.7 Å². The first-order valence-electron chi connectivity index (χ1n) is 8.88. The van der Waals surface area contributed by atoms with Gasteiger partial charge in [0.1, 0.15) is 13.2 Å². The van der Waals surface area contributed by atoms with Crippen molar-refractivity contribution < 1.29 is 14.3 Å². The average molecular weight is 395 g/mol. The molecule has 2 aromatic heterocycles. The third kappa shape index (κ3) is 2.93. The number of thioether (sulfide) groups is 1. The summed E-state index contributed by atoms with van der Waals surface area (Å²) in [6.45, 7) is 2.88. The van der Waals surface area contributed by atoms with E-state index in [4.69, 9.17) is 9.47 Å². The molecule has 0 fully saturated rings. The van der Waals surface area contributed by atoms with Gasteiger partial charge in [0.2, 0.25) is 11.7 Å². The highest BCUT2D eigenvalue weighted by Crippen LogP contribution is 2.33. The zero-order valence-corrected chi connectivity index (χ0v) is 15.8. The van der Waals surface area contributed by atoms with Crippen molar-refractivity contribution >= 4 is 40.2 Å². The van der Waals surface area contributed by atoms with E-state index < -0.39 is 0 Å². The Kier molecular flexibility index (Phi) is 4.09. The number of anilines is 1. The molecule has 1 atom stereocenters. The highest BCUT2D eigenvalue weighted by molar-refractivity contribution is 8.00. The maximum absolute atomic E-state index is 12.7. The number of hydrogen-bond acceptors (Lipinski definition) is 6. The minimum absolute atomic E-state index is 0.123. The number of fused-ring (bicyclic) bond motifs is 4. The Labute approximate surface area is 164 Å². The number of ether oxygens (including phenoxy) is 2. The first-order valence-corrected chi connectivity index (χ1v) is 9.76. The number of para-hydroxylation sites is 2. The lowest BCUT2D eigenvalue weighted by atomic mass is 10.2. The summed E-state index contributed by atoms with van der Waals surface area (Å²) in [5, 5.41) is 10.5. The fraction of sp³-hybridized carbons (Fsp3) is 0.211. The third-order valence-corrected chi connectivity index (χ3v) is 5.52. The summed E-state index contributed by atoms with van der Waals surface area (Å²) in [5.41, 5.74) is 2.50. The second-order valence-corrected chi connectivity index (χ2v) is 7.68. The number of H-pyrrole nitrogens is 1. The highest BCUT2D eigenvalue weighted by Gasteiger charge is 2.20. The molecule has 0 saturated carbocycles. The van der Waals surface area contributed by atoms with Gasteiger partial charge in [-0.1, -0.05) is 23.9 Å². The maximum Gasteiger partial charge on any atom is 0.237 e. The van der Waals surface area contributed by atoms with Gasteiger partial charge in [0.25, 0.3) is 0 Å². The number of carbonyl (C=O) groups is 1. The number of aromatic nitrogens is 4. The second kappa shape index (κ2) is 6.75. The quantitative estimate of drug-likeness (QED) is 0.516. The van der Waals surface area contributed by atoms with Gasteiger partial charge in [-0.2, -0.15) is 0 Å². The molecule has 0 bridgehead atoms. The van der Waals surface area contributed by atoms with Crippen LogP contribution < -0.4 is 14.8 Å². The van der Waals surface area contributed by atoms with Gasteiger partial charge in [-0.15, -0.1) is 5.10 Å². The van der Waals surface area contributed by atoms with Gasteiger partial charge in [-0.25, -0.2) is 10.1 Å². The second-order valence-electron chi connectivity index (χ2n) is 6.37. The molecule has 2 aromatic carbocycles. The van der Waals surface area contributed by atoms with E-state index in [-0.39, 0.29) is 11.2 Å². The molecule has 5 rings (SSSR count). The lowest BCUT2D eigenvalue weighted by Crippen LogP contribution is -2.23. The van der Waals surface area contributed by atoms with Crippen LogP contribution in [0.1, 0.15) is 6.92 Å². The maximum atomic E-state index is 12.7. The van der Waals surface area contributed by atoms with Crippen molar-refractivity contribution in [2.24, 2.45) is 0 Å². The third-order valence-electron chi connectivity index (χ3n) is 4.46. The zero-order valence-electron chi connectivity index (χ0n) is 15.0. The van der Waals surface area contributed by atoms with Gasteiger partial charge >= 0.3 is 0 Å². The number of nitrogens with one attached hydrogen (secondary N) is 2. The van der Waals surface area contributed by atoms with E-state index in [9.17, 15) is 4.79 Å². The summed E-state index contributed by atoms with van der Waals surface area (Å²) in [5.74, 6) is 1.87. The van der Waals surface area contributed by atoms with Crippen molar-refractivity contribution in [1.29, 1.82) is 0 Å². The smallest absolute Gasteiger partial charge is 0.237 e. The van der Waals surface area contributed by atoms with Crippen LogP contribution in [0.25, 0.3) is 16.8 Å². The molecule has 1 aliphatic rings. The van der Waals surface area contributed by atoms with Crippen molar-refractivity contribution in [2.45, 2.75) is 17.3 Å². The molecule has 0 saturated heterocycles. The molecule has 2 N–H and O–H groups in total. The van der Waals surface area contributed by atoms with E-state index in [1.165, 1.54) is 11.8 Å². The Morgan fingerprint density at radius 3 is 2.93 bits per heavy atom. The Morgan fingerprint density at radius 2 is 2.04 bits per heavy atom. The van der Waals surface area contributed by atoms with Crippen molar-refractivity contribution in [3.05, 3.63) is 42.5 Å². The van der Waals surface area contributed by atoms with Crippen LogP contribution in [0, 0.1) is 0 Å². The summed E-state index contributed by atoms with van der Waals surface area (Å²) in [7, 11) is 0. The Bertz CT molecular complexity index is 1180. The first kappa shape index (κ1) is 16.9. The van der Waals surface area contributed by atoms with Gasteiger partial charge < -0.3 is 14.8 Å². The molecule has 28 heavy (non-hydrogen) atoms. The number of hydrogen-bond donors (Lipinski definition) is 2. The minimum Gasteiger partial charge on any atom is -0.486 e. The molecule has 142 valence electrons. The molecule has 3 heterocycles. The number of nitrogens with zero attached hydrogens (tertiary/aromatic N) is 3. The SMILES string of the molecule is CC(Sc1n[nH]c2nc3ccccc3n12)C(=O)Nc1ccc2c(c1)OCCO2. The number of carbonyl (C=O) groups excluding carboxylic acids is 1. The van der Waals surface area contributed by atoms with Crippen molar-refractivity contribution in [1.82, 2.24) is 19.6 Å². The molecule has 9 heteroatoms. The number of amides is 1. The molecule has 8 nitrogen and oxygen atoms in total. The van der Waals surface area contributed by atoms with E-state index >= 15 is 0 Å².